The van der Waals surface area contributed by atoms with E-state index in [-0.39, 0.29) is 6.10 Å². The Labute approximate surface area is 120 Å². The topological polar surface area (TPSA) is 32.7 Å². The maximum Gasteiger partial charge on any atom is 0.0900 e. The first-order chi connectivity index (χ1) is 9.24. The first-order valence-corrected chi connectivity index (χ1v) is 7.92. The summed E-state index contributed by atoms with van der Waals surface area (Å²) >= 11 is 2.01. The summed E-state index contributed by atoms with van der Waals surface area (Å²) in [6.07, 6.45) is -0.390. The second-order valence-electron chi connectivity index (χ2n) is 5.10. The largest absolute Gasteiger partial charge is 0.389 e. The number of nitrogens with zero attached hydrogens (tertiary/aromatic N) is 1. The predicted molar refractivity (Wildman–Crippen MR) is 80.5 cm³/mol. The minimum absolute atomic E-state index is 0.390. The first-order valence-electron chi connectivity index (χ1n) is 6.87. The van der Waals surface area contributed by atoms with Crippen molar-refractivity contribution in [1.29, 1.82) is 0 Å². The van der Waals surface area contributed by atoms with Gasteiger partial charge in [-0.2, -0.15) is 11.8 Å². The molecule has 1 heterocycles. The van der Waals surface area contributed by atoms with Gasteiger partial charge in [0.15, 0.2) is 0 Å². The van der Waals surface area contributed by atoms with Gasteiger partial charge in [-0.05, 0) is 5.56 Å². The standard InChI is InChI=1S/C15H23NO2S/c1-13-9-16(7-8-19-13)10-15(17)12-18-11-14-5-3-2-4-6-14/h2-6,13,15,17H,7-12H2,1H3. The van der Waals surface area contributed by atoms with Crippen LogP contribution in [0.2, 0.25) is 0 Å². The van der Waals surface area contributed by atoms with E-state index in [1.165, 1.54) is 5.75 Å². The Morgan fingerprint density at radius 2 is 2.21 bits per heavy atom. The molecule has 4 heteroatoms. The van der Waals surface area contributed by atoms with E-state index in [1.54, 1.807) is 0 Å². The Bertz CT molecular complexity index is 360. The fourth-order valence-electron chi connectivity index (χ4n) is 2.29. The zero-order valence-electron chi connectivity index (χ0n) is 11.5. The van der Waals surface area contributed by atoms with Crippen LogP contribution in [0.3, 0.4) is 0 Å². The van der Waals surface area contributed by atoms with Gasteiger partial charge in [-0.3, -0.25) is 4.90 Å². The second-order valence-corrected chi connectivity index (χ2v) is 6.64. The Balaban J connectivity index is 1.63. The maximum atomic E-state index is 9.99. The molecule has 0 aliphatic carbocycles. The van der Waals surface area contributed by atoms with Crippen molar-refractivity contribution in [3.63, 3.8) is 0 Å². The molecule has 3 nitrogen and oxygen atoms in total. The molecule has 0 radical (unpaired) electrons. The van der Waals surface area contributed by atoms with Crippen molar-refractivity contribution in [3.8, 4) is 0 Å². The van der Waals surface area contributed by atoms with Gasteiger partial charge in [0.25, 0.3) is 0 Å². The summed E-state index contributed by atoms with van der Waals surface area (Å²) in [6.45, 7) is 6.09. The summed E-state index contributed by atoms with van der Waals surface area (Å²) in [7, 11) is 0. The van der Waals surface area contributed by atoms with Crippen LogP contribution in [0, 0.1) is 0 Å². The van der Waals surface area contributed by atoms with Crippen molar-refractivity contribution in [1.82, 2.24) is 4.90 Å². The van der Waals surface area contributed by atoms with Crippen molar-refractivity contribution in [2.24, 2.45) is 0 Å². The van der Waals surface area contributed by atoms with Crippen LogP contribution < -0.4 is 0 Å². The van der Waals surface area contributed by atoms with Crippen molar-refractivity contribution in [2.75, 3.05) is 32.0 Å². The zero-order chi connectivity index (χ0) is 13.5. The van der Waals surface area contributed by atoms with E-state index >= 15 is 0 Å². The number of rotatable bonds is 6. The highest BCUT2D eigenvalue weighted by atomic mass is 32.2. The van der Waals surface area contributed by atoms with E-state index < -0.39 is 0 Å². The summed E-state index contributed by atoms with van der Waals surface area (Å²) in [6, 6.07) is 10.1. The number of ether oxygens (including phenoxy) is 1. The van der Waals surface area contributed by atoms with Gasteiger partial charge in [-0.25, -0.2) is 0 Å². The summed E-state index contributed by atoms with van der Waals surface area (Å²) < 4.78 is 5.57. The summed E-state index contributed by atoms with van der Waals surface area (Å²) in [4.78, 5) is 2.33. The first kappa shape index (κ1) is 14.9. The van der Waals surface area contributed by atoms with E-state index in [1.807, 2.05) is 42.1 Å². The molecule has 1 aliphatic heterocycles. The molecule has 1 aromatic rings. The number of benzene rings is 1. The van der Waals surface area contributed by atoms with Crippen LogP contribution in [0.5, 0.6) is 0 Å². The van der Waals surface area contributed by atoms with Gasteiger partial charge < -0.3 is 9.84 Å². The van der Waals surface area contributed by atoms with Crippen molar-refractivity contribution in [2.45, 2.75) is 24.9 Å². The number of hydrogen-bond donors (Lipinski definition) is 1. The molecule has 1 fully saturated rings. The lowest BCUT2D eigenvalue weighted by Gasteiger charge is -2.31. The molecule has 1 N–H and O–H groups in total. The minimum Gasteiger partial charge on any atom is -0.389 e. The molecule has 106 valence electrons. The third kappa shape index (κ3) is 5.53. The lowest BCUT2D eigenvalue weighted by molar-refractivity contribution is 0.0106. The smallest absolute Gasteiger partial charge is 0.0900 e. The summed E-state index contributed by atoms with van der Waals surface area (Å²) in [5.74, 6) is 1.17. The van der Waals surface area contributed by atoms with Gasteiger partial charge in [-0.15, -0.1) is 0 Å². The van der Waals surface area contributed by atoms with E-state index in [0.717, 1.165) is 25.2 Å². The fourth-order valence-corrected chi connectivity index (χ4v) is 3.38. The molecule has 1 aliphatic rings. The van der Waals surface area contributed by atoms with E-state index in [0.29, 0.717) is 18.5 Å². The molecule has 1 aromatic carbocycles. The average Bonchev–Trinajstić information content (AvgIpc) is 2.40. The molecular formula is C15H23NO2S. The van der Waals surface area contributed by atoms with Crippen LogP contribution in [-0.4, -0.2) is 53.4 Å². The minimum atomic E-state index is -0.390. The molecule has 2 unspecified atom stereocenters. The number of β-amino-alcohol motifs (C(OH)–C–C–N with tert-alkyl or cyclic N) is 1. The fraction of sp³-hybridized carbons (Fsp3) is 0.600. The summed E-state index contributed by atoms with van der Waals surface area (Å²) in [5.41, 5.74) is 1.15. The Kier molecular flexibility index (Phi) is 6.17. The molecule has 0 saturated carbocycles. The highest BCUT2D eigenvalue weighted by Gasteiger charge is 2.19. The quantitative estimate of drug-likeness (QED) is 0.864. The maximum absolute atomic E-state index is 9.99. The monoisotopic (exact) mass is 281 g/mol. The predicted octanol–water partition coefficient (Wildman–Crippen LogP) is 2.00. The highest BCUT2D eigenvalue weighted by Crippen LogP contribution is 2.17. The number of aliphatic hydroxyl groups excluding tert-OH is 1. The number of hydrogen-bond acceptors (Lipinski definition) is 4. The van der Waals surface area contributed by atoms with Crippen molar-refractivity contribution >= 4 is 11.8 Å². The van der Waals surface area contributed by atoms with E-state index in [4.69, 9.17) is 4.74 Å². The van der Waals surface area contributed by atoms with Crippen LogP contribution >= 0.6 is 11.8 Å². The normalized spacial score (nSPS) is 22.3. The lowest BCUT2D eigenvalue weighted by Crippen LogP contribution is -2.42. The molecule has 1 saturated heterocycles. The van der Waals surface area contributed by atoms with Crippen LogP contribution in [0.15, 0.2) is 30.3 Å². The molecule has 0 spiro atoms. The van der Waals surface area contributed by atoms with Crippen LogP contribution in [0.25, 0.3) is 0 Å². The van der Waals surface area contributed by atoms with Crippen molar-refractivity contribution < 1.29 is 9.84 Å². The van der Waals surface area contributed by atoms with Gasteiger partial charge in [0.1, 0.15) is 0 Å². The molecule has 0 bridgehead atoms. The van der Waals surface area contributed by atoms with Crippen molar-refractivity contribution in [3.05, 3.63) is 35.9 Å². The number of thioether (sulfide) groups is 1. The van der Waals surface area contributed by atoms with E-state index in [2.05, 4.69) is 11.8 Å². The van der Waals surface area contributed by atoms with Gasteiger partial charge in [-0.1, -0.05) is 37.3 Å². The Hall–Kier alpha value is -0.550. The van der Waals surface area contributed by atoms with Crippen LogP contribution in [-0.2, 0) is 11.3 Å². The molecule has 0 aromatic heterocycles. The van der Waals surface area contributed by atoms with Crippen LogP contribution in [0.4, 0.5) is 0 Å². The zero-order valence-corrected chi connectivity index (χ0v) is 12.3. The van der Waals surface area contributed by atoms with Gasteiger partial charge in [0.05, 0.1) is 19.3 Å². The Morgan fingerprint density at radius 1 is 1.42 bits per heavy atom. The SMILES string of the molecule is CC1CN(CC(O)COCc2ccccc2)CCS1. The van der Waals surface area contributed by atoms with Gasteiger partial charge >= 0.3 is 0 Å². The third-order valence-corrected chi connectivity index (χ3v) is 4.35. The molecule has 2 rings (SSSR count). The molecule has 2 atom stereocenters. The average molecular weight is 281 g/mol. The number of aliphatic hydroxyl groups is 1. The van der Waals surface area contributed by atoms with Crippen LogP contribution in [0.1, 0.15) is 12.5 Å². The van der Waals surface area contributed by atoms with Gasteiger partial charge in [0, 0.05) is 30.6 Å². The molecular weight excluding hydrogens is 258 g/mol. The molecule has 0 amide bonds. The highest BCUT2D eigenvalue weighted by molar-refractivity contribution is 7.99. The summed E-state index contributed by atoms with van der Waals surface area (Å²) in [5, 5.41) is 10.7. The second kappa shape index (κ2) is 7.90. The van der Waals surface area contributed by atoms with E-state index in [9.17, 15) is 5.11 Å². The third-order valence-electron chi connectivity index (χ3n) is 3.22. The molecule has 19 heavy (non-hydrogen) atoms. The lowest BCUT2D eigenvalue weighted by atomic mass is 10.2. The Morgan fingerprint density at radius 3 is 2.95 bits per heavy atom. The van der Waals surface area contributed by atoms with Gasteiger partial charge in [0.2, 0.25) is 0 Å².